The van der Waals surface area contributed by atoms with E-state index in [2.05, 4.69) is 54.8 Å². The lowest BCUT2D eigenvalue weighted by molar-refractivity contribution is 0.108. The first-order valence-electron chi connectivity index (χ1n) is 7.56. The Balaban J connectivity index is 1.92. The summed E-state index contributed by atoms with van der Waals surface area (Å²) < 4.78 is 0. The standard InChI is InChI=1S/C17H25N3/c1-4-17(12-18)20-9-7-19(8-10-20)13-16-11-14(2)5-6-15(16)3/h5-6,11,17H,4,7-10,13H2,1-3H3. The molecule has 0 N–H and O–H groups in total. The van der Waals surface area contributed by atoms with Gasteiger partial charge in [0.25, 0.3) is 0 Å². The van der Waals surface area contributed by atoms with E-state index in [1.54, 1.807) is 0 Å². The van der Waals surface area contributed by atoms with Crippen LogP contribution in [0.1, 0.15) is 30.0 Å². The van der Waals surface area contributed by atoms with Crippen LogP contribution in [0.2, 0.25) is 0 Å². The highest BCUT2D eigenvalue weighted by Crippen LogP contribution is 2.16. The molecule has 3 nitrogen and oxygen atoms in total. The van der Waals surface area contributed by atoms with Crippen LogP contribution in [0.3, 0.4) is 0 Å². The zero-order valence-electron chi connectivity index (χ0n) is 12.9. The van der Waals surface area contributed by atoms with Crippen molar-refractivity contribution in [2.45, 2.75) is 39.8 Å². The molecule has 1 aliphatic heterocycles. The summed E-state index contributed by atoms with van der Waals surface area (Å²) in [6.45, 7) is 11.6. The van der Waals surface area contributed by atoms with Gasteiger partial charge >= 0.3 is 0 Å². The maximum absolute atomic E-state index is 9.14. The molecular weight excluding hydrogens is 246 g/mol. The van der Waals surface area contributed by atoms with E-state index in [1.165, 1.54) is 16.7 Å². The van der Waals surface area contributed by atoms with Gasteiger partial charge < -0.3 is 0 Å². The van der Waals surface area contributed by atoms with Gasteiger partial charge in [0, 0.05) is 32.7 Å². The Morgan fingerprint density at radius 2 is 1.90 bits per heavy atom. The highest BCUT2D eigenvalue weighted by molar-refractivity contribution is 5.30. The lowest BCUT2D eigenvalue weighted by Gasteiger charge is -2.36. The minimum absolute atomic E-state index is 0.0952. The van der Waals surface area contributed by atoms with Crippen molar-refractivity contribution in [2.75, 3.05) is 26.2 Å². The average molecular weight is 271 g/mol. The molecule has 1 aliphatic rings. The Morgan fingerprint density at radius 1 is 1.20 bits per heavy atom. The van der Waals surface area contributed by atoms with Crippen LogP contribution in [0.25, 0.3) is 0 Å². The lowest BCUT2D eigenvalue weighted by Crippen LogP contribution is -2.49. The van der Waals surface area contributed by atoms with Gasteiger partial charge in [-0.3, -0.25) is 9.80 Å². The molecule has 1 saturated heterocycles. The summed E-state index contributed by atoms with van der Waals surface area (Å²) in [7, 11) is 0. The Kier molecular flexibility index (Phi) is 5.17. The highest BCUT2D eigenvalue weighted by Gasteiger charge is 2.22. The molecule has 0 aliphatic carbocycles. The highest BCUT2D eigenvalue weighted by atomic mass is 15.3. The van der Waals surface area contributed by atoms with Gasteiger partial charge in [0.15, 0.2) is 0 Å². The molecule has 0 radical (unpaired) electrons. The third-order valence-electron chi connectivity index (χ3n) is 4.28. The molecule has 108 valence electrons. The van der Waals surface area contributed by atoms with E-state index in [0.29, 0.717) is 0 Å². The second-order valence-electron chi connectivity index (χ2n) is 5.80. The van der Waals surface area contributed by atoms with Crippen LogP contribution >= 0.6 is 0 Å². The smallest absolute Gasteiger partial charge is 0.0976 e. The minimum Gasteiger partial charge on any atom is -0.297 e. The van der Waals surface area contributed by atoms with Crippen molar-refractivity contribution in [2.24, 2.45) is 0 Å². The first-order chi connectivity index (χ1) is 9.63. The minimum atomic E-state index is 0.0952. The molecule has 1 aromatic carbocycles. The number of nitriles is 1. The fourth-order valence-electron chi connectivity index (χ4n) is 2.88. The molecule has 20 heavy (non-hydrogen) atoms. The molecule has 3 heteroatoms. The average Bonchev–Trinajstić information content (AvgIpc) is 2.46. The van der Waals surface area contributed by atoms with Crippen molar-refractivity contribution in [3.63, 3.8) is 0 Å². The third kappa shape index (κ3) is 3.59. The van der Waals surface area contributed by atoms with Crippen molar-refractivity contribution in [1.82, 2.24) is 9.80 Å². The molecule has 0 aromatic heterocycles. The SMILES string of the molecule is CCC(C#N)N1CCN(Cc2cc(C)ccc2C)CC1. The molecule has 1 aromatic rings. The van der Waals surface area contributed by atoms with Gasteiger partial charge in [-0.15, -0.1) is 0 Å². The second kappa shape index (κ2) is 6.88. The summed E-state index contributed by atoms with van der Waals surface area (Å²) in [6.07, 6.45) is 0.924. The Bertz CT molecular complexity index is 481. The van der Waals surface area contributed by atoms with E-state index in [4.69, 9.17) is 5.26 Å². The van der Waals surface area contributed by atoms with E-state index in [9.17, 15) is 0 Å². The number of hydrogen-bond donors (Lipinski definition) is 0. The Morgan fingerprint density at radius 3 is 2.50 bits per heavy atom. The van der Waals surface area contributed by atoms with Crippen molar-refractivity contribution >= 4 is 0 Å². The van der Waals surface area contributed by atoms with E-state index in [-0.39, 0.29) is 6.04 Å². The van der Waals surface area contributed by atoms with Crippen LogP contribution in [-0.4, -0.2) is 42.0 Å². The second-order valence-corrected chi connectivity index (χ2v) is 5.80. The quantitative estimate of drug-likeness (QED) is 0.843. The zero-order valence-corrected chi connectivity index (χ0v) is 12.9. The van der Waals surface area contributed by atoms with Gasteiger partial charge in [-0.2, -0.15) is 5.26 Å². The van der Waals surface area contributed by atoms with Crippen LogP contribution in [0, 0.1) is 25.2 Å². The summed E-state index contributed by atoms with van der Waals surface area (Å²) >= 11 is 0. The van der Waals surface area contributed by atoms with Crippen LogP contribution < -0.4 is 0 Å². The molecule has 1 fully saturated rings. The fraction of sp³-hybridized carbons (Fsp3) is 0.588. The largest absolute Gasteiger partial charge is 0.297 e. The van der Waals surface area contributed by atoms with Gasteiger partial charge in [0.05, 0.1) is 12.1 Å². The van der Waals surface area contributed by atoms with Gasteiger partial charge in [-0.05, 0) is 31.4 Å². The van der Waals surface area contributed by atoms with Crippen molar-refractivity contribution in [1.29, 1.82) is 5.26 Å². The normalized spacial score (nSPS) is 18.7. The molecule has 0 amide bonds. The van der Waals surface area contributed by atoms with Gasteiger partial charge in [-0.25, -0.2) is 0 Å². The monoisotopic (exact) mass is 271 g/mol. The van der Waals surface area contributed by atoms with Crippen molar-refractivity contribution in [3.05, 3.63) is 34.9 Å². The number of hydrogen-bond acceptors (Lipinski definition) is 3. The summed E-state index contributed by atoms with van der Waals surface area (Å²) in [6, 6.07) is 9.19. The molecule has 0 spiro atoms. The summed E-state index contributed by atoms with van der Waals surface area (Å²) in [4.78, 5) is 4.82. The number of piperazine rings is 1. The van der Waals surface area contributed by atoms with Gasteiger partial charge in [0.2, 0.25) is 0 Å². The predicted octanol–water partition coefficient (Wildman–Crippen LogP) is 2.72. The predicted molar refractivity (Wildman–Crippen MR) is 82.5 cm³/mol. The van der Waals surface area contributed by atoms with E-state index >= 15 is 0 Å². The molecule has 1 atom stereocenters. The first-order valence-corrected chi connectivity index (χ1v) is 7.56. The lowest BCUT2D eigenvalue weighted by atomic mass is 10.0. The molecule has 0 bridgehead atoms. The summed E-state index contributed by atoms with van der Waals surface area (Å²) in [5.74, 6) is 0. The molecule has 1 heterocycles. The third-order valence-corrected chi connectivity index (χ3v) is 4.28. The molecule has 2 rings (SSSR count). The summed E-state index contributed by atoms with van der Waals surface area (Å²) in [5, 5.41) is 9.14. The van der Waals surface area contributed by atoms with Crippen molar-refractivity contribution in [3.8, 4) is 6.07 Å². The number of nitrogens with zero attached hydrogens (tertiary/aromatic N) is 3. The summed E-state index contributed by atoms with van der Waals surface area (Å²) in [5.41, 5.74) is 4.15. The van der Waals surface area contributed by atoms with Crippen LogP contribution in [0.15, 0.2) is 18.2 Å². The molecule has 0 saturated carbocycles. The van der Waals surface area contributed by atoms with Gasteiger partial charge in [-0.1, -0.05) is 30.7 Å². The first kappa shape index (κ1) is 15.0. The fourth-order valence-corrected chi connectivity index (χ4v) is 2.88. The topological polar surface area (TPSA) is 30.3 Å². The zero-order chi connectivity index (χ0) is 14.5. The van der Waals surface area contributed by atoms with E-state index in [0.717, 1.165) is 39.1 Å². The number of aryl methyl sites for hydroxylation is 2. The maximum atomic E-state index is 9.14. The van der Waals surface area contributed by atoms with Crippen LogP contribution in [-0.2, 0) is 6.54 Å². The number of benzene rings is 1. The van der Waals surface area contributed by atoms with E-state index < -0.39 is 0 Å². The van der Waals surface area contributed by atoms with Crippen LogP contribution in [0.5, 0.6) is 0 Å². The molecular formula is C17H25N3. The van der Waals surface area contributed by atoms with Crippen LogP contribution in [0.4, 0.5) is 0 Å². The van der Waals surface area contributed by atoms with Gasteiger partial charge in [0.1, 0.15) is 0 Å². The Hall–Kier alpha value is -1.37. The van der Waals surface area contributed by atoms with E-state index in [1.807, 2.05) is 0 Å². The molecule has 1 unspecified atom stereocenters. The number of rotatable bonds is 4. The van der Waals surface area contributed by atoms with Crippen molar-refractivity contribution < 1.29 is 0 Å². The Labute approximate surface area is 122 Å². The maximum Gasteiger partial charge on any atom is 0.0976 e.